The van der Waals surface area contributed by atoms with Crippen LogP contribution in [0.3, 0.4) is 0 Å². The van der Waals surface area contributed by atoms with Crippen molar-refractivity contribution < 1.29 is 9.53 Å². The van der Waals surface area contributed by atoms with Crippen LogP contribution in [0.2, 0.25) is 5.02 Å². The maximum Gasteiger partial charge on any atom is 0.326 e. The minimum atomic E-state index is -0.491. The van der Waals surface area contributed by atoms with Crippen molar-refractivity contribution in [1.29, 1.82) is 0 Å². The van der Waals surface area contributed by atoms with Gasteiger partial charge in [0.15, 0.2) is 0 Å². The first-order valence-corrected chi connectivity index (χ1v) is 8.64. The normalized spacial score (nSPS) is 25.0. The third kappa shape index (κ3) is 3.74. The maximum atomic E-state index is 12.1. The van der Waals surface area contributed by atoms with Gasteiger partial charge in [-0.05, 0) is 62.2 Å². The van der Waals surface area contributed by atoms with Crippen LogP contribution in [0.25, 0.3) is 0 Å². The van der Waals surface area contributed by atoms with Crippen LogP contribution >= 0.6 is 23.4 Å². The molecule has 0 heterocycles. The third-order valence-electron chi connectivity index (χ3n) is 4.37. The first-order valence-electron chi connectivity index (χ1n) is 7.28. The Morgan fingerprint density at radius 3 is 2.81 bits per heavy atom. The molecule has 1 aliphatic carbocycles. The van der Waals surface area contributed by atoms with E-state index in [1.54, 1.807) is 0 Å². The van der Waals surface area contributed by atoms with Crippen molar-refractivity contribution in [2.45, 2.75) is 36.1 Å². The largest absolute Gasteiger partial charge is 0.468 e. The summed E-state index contributed by atoms with van der Waals surface area (Å²) in [6.45, 7) is 0. The number of carbonyl (C=O) groups is 1. The van der Waals surface area contributed by atoms with Gasteiger partial charge in [-0.25, -0.2) is 0 Å². The molecule has 0 aromatic heterocycles. The van der Waals surface area contributed by atoms with E-state index in [-0.39, 0.29) is 5.97 Å². The van der Waals surface area contributed by atoms with Gasteiger partial charge in [-0.2, -0.15) is 0 Å². The average molecular weight is 328 g/mol. The standard InChI is InChI=1S/C16H22ClNO2S/c1-18-16(15(19)20-2)10-3-4-12(16)9-11-21-14-7-5-13(17)6-8-14/h5-8,12,18H,3-4,9-11H2,1-2H3. The van der Waals surface area contributed by atoms with Crippen LogP contribution < -0.4 is 5.32 Å². The smallest absolute Gasteiger partial charge is 0.326 e. The number of carbonyl (C=O) groups excluding carboxylic acids is 1. The van der Waals surface area contributed by atoms with Crippen molar-refractivity contribution in [2.24, 2.45) is 5.92 Å². The van der Waals surface area contributed by atoms with E-state index >= 15 is 0 Å². The van der Waals surface area contributed by atoms with Gasteiger partial charge < -0.3 is 10.1 Å². The van der Waals surface area contributed by atoms with E-state index in [9.17, 15) is 4.79 Å². The SMILES string of the molecule is CNC1(C(=O)OC)CCCC1CCSc1ccc(Cl)cc1. The third-order valence-corrected chi connectivity index (χ3v) is 5.66. The molecule has 1 aliphatic rings. The lowest BCUT2D eigenvalue weighted by atomic mass is 9.85. The fourth-order valence-corrected chi connectivity index (χ4v) is 4.29. The first-order chi connectivity index (χ1) is 10.1. The zero-order valence-corrected chi connectivity index (χ0v) is 14.1. The number of methoxy groups -OCH3 is 1. The number of esters is 1. The summed E-state index contributed by atoms with van der Waals surface area (Å²) in [5, 5.41) is 3.99. The second kappa shape index (κ2) is 7.52. The lowest BCUT2D eigenvalue weighted by molar-refractivity contribution is -0.150. The molecular formula is C16H22ClNO2S. The number of ether oxygens (including phenoxy) is 1. The Balaban J connectivity index is 1.92. The minimum Gasteiger partial charge on any atom is -0.468 e. The zero-order valence-electron chi connectivity index (χ0n) is 12.5. The summed E-state index contributed by atoms with van der Waals surface area (Å²) in [4.78, 5) is 13.4. The summed E-state index contributed by atoms with van der Waals surface area (Å²) in [5.74, 6) is 1.21. The van der Waals surface area contributed by atoms with Crippen LogP contribution in [0.4, 0.5) is 0 Å². The van der Waals surface area contributed by atoms with E-state index in [4.69, 9.17) is 16.3 Å². The number of halogens is 1. The van der Waals surface area contributed by atoms with Gasteiger partial charge in [0.2, 0.25) is 0 Å². The highest BCUT2D eigenvalue weighted by atomic mass is 35.5. The Morgan fingerprint density at radius 1 is 1.48 bits per heavy atom. The molecule has 2 rings (SSSR count). The topological polar surface area (TPSA) is 38.3 Å². The average Bonchev–Trinajstić information content (AvgIpc) is 2.92. The molecule has 5 heteroatoms. The molecule has 1 saturated carbocycles. The van der Waals surface area contributed by atoms with Crippen LogP contribution in [0, 0.1) is 5.92 Å². The Morgan fingerprint density at radius 2 is 2.19 bits per heavy atom. The highest BCUT2D eigenvalue weighted by Gasteiger charge is 2.48. The molecule has 3 nitrogen and oxygen atoms in total. The van der Waals surface area contributed by atoms with Crippen molar-refractivity contribution >= 4 is 29.3 Å². The number of rotatable bonds is 6. The van der Waals surface area contributed by atoms with Crippen molar-refractivity contribution in [3.05, 3.63) is 29.3 Å². The summed E-state index contributed by atoms with van der Waals surface area (Å²) in [5.41, 5.74) is -0.491. The van der Waals surface area contributed by atoms with E-state index in [1.165, 1.54) is 12.0 Å². The zero-order chi connectivity index (χ0) is 15.3. The summed E-state index contributed by atoms with van der Waals surface area (Å²) in [6.07, 6.45) is 4.03. The van der Waals surface area contributed by atoms with Crippen molar-refractivity contribution in [3.63, 3.8) is 0 Å². The van der Waals surface area contributed by atoms with Crippen LogP contribution in [-0.4, -0.2) is 31.4 Å². The number of hydrogen-bond acceptors (Lipinski definition) is 4. The molecule has 2 unspecified atom stereocenters. The van der Waals surface area contributed by atoms with E-state index in [0.29, 0.717) is 5.92 Å². The minimum absolute atomic E-state index is 0.121. The first kappa shape index (κ1) is 16.7. The Bertz CT molecular complexity index is 480. The highest BCUT2D eigenvalue weighted by Crippen LogP contribution is 2.39. The van der Waals surface area contributed by atoms with Crippen molar-refractivity contribution in [1.82, 2.24) is 5.32 Å². The van der Waals surface area contributed by atoms with Gasteiger partial charge in [0.1, 0.15) is 5.54 Å². The molecule has 0 aliphatic heterocycles. The van der Waals surface area contributed by atoms with Gasteiger partial charge in [-0.1, -0.05) is 18.0 Å². The fraction of sp³-hybridized carbons (Fsp3) is 0.562. The predicted molar refractivity (Wildman–Crippen MR) is 87.9 cm³/mol. The lowest BCUT2D eigenvalue weighted by Gasteiger charge is -2.32. The molecule has 2 atom stereocenters. The highest BCUT2D eigenvalue weighted by molar-refractivity contribution is 7.99. The molecule has 0 radical (unpaired) electrons. The molecule has 0 saturated heterocycles. The van der Waals surface area contributed by atoms with Gasteiger partial charge in [-0.15, -0.1) is 11.8 Å². The summed E-state index contributed by atoms with van der Waals surface area (Å²) >= 11 is 7.70. The molecule has 116 valence electrons. The predicted octanol–water partition coefficient (Wildman–Crippen LogP) is 3.75. The number of benzene rings is 1. The van der Waals surface area contributed by atoms with Gasteiger partial charge >= 0.3 is 5.97 Å². The monoisotopic (exact) mass is 327 g/mol. The quantitative estimate of drug-likeness (QED) is 0.638. The number of thioether (sulfide) groups is 1. The van der Waals surface area contributed by atoms with Crippen molar-refractivity contribution in [3.8, 4) is 0 Å². The molecule has 0 bridgehead atoms. The van der Waals surface area contributed by atoms with E-state index in [0.717, 1.165) is 36.5 Å². The van der Waals surface area contributed by atoms with E-state index in [1.807, 2.05) is 43.1 Å². The second-order valence-electron chi connectivity index (χ2n) is 5.39. The molecular weight excluding hydrogens is 306 g/mol. The number of nitrogens with one attached hydrogen (secondary N) is 1. The molecule has 1 aromatic carbocycles. The Labute approximate surface area is 135 Å². The van der Waals surface area contributed by atoms with E-state index < -0.39 is 5.54 Å². The van der Waals surface area contributed by atoms with Gasteiger partial charge in [0, 0.05) is 9.92 Å². The van der Waals surface area contributed by atoms with Gasteiger partial charge in [0.25, 0.3) is 0 Å². The van der Waals surface area contributed by atoms with Crippen LogP contribution in [0.15, 0.2) is 29.2 Å². The fourth-order valence-electron chi connectivity index (χ4n) is 3.20. The number of likely N-dealkylation sites (N-methyl/N-ethyl adjacent to an activating group) is 1. The van der Waals surface area contributed by atoms with Crippen molar-refractivity contribution in [2.75, 3.05) is 19.9 Å². The lowest BCUT2D eigenvalue weighted by Crippen LogP contribution is -2.53. The summed E-state index contributed by atoms with van der Waals surface area (Å²) in [7, 11) is 3.33. The van der Waals surface area contributed by atoms with Crippen LogP contribution in [0.5, 0.6) is 0 Å². The van der Waals surface area contributed by atoms with Crippen LogP contribution in [0.1, 0.15) is 25.7 Å². The molecule has 0 spiro atoms. The molecule has 21 heavy (non-hydrogen) atoms. The second-order valence-corrected chi connectivity index (χ2v) is 7.00. The summed E-state index contributed by atoms with van der Waals surface area (Å²) in [6, 6.07) is 7.89. The summed E-state index contributed by atoms with van der Waals surface area (Å²) < 4.78 is 5.01. The van der Waals surface area contributed by atoms with Gasteiger partial charge in [-0.3, -0.25) is 4.79 Å². The number of hydrogen-bond donors (Lipinski definition) is 1. The van der Waals surface area contributed by atoms with Gasteiger partial charge in [0.05, 0.1) is 7.11 Å². The molecule has 1 fully saturated rings. The van der Waals surface area contributed by atoms with E-state index in [2.05, 4.69) is 5.32 Å². The maximum absolute atomic E-state index is 12.1. The Hall–Kier alpha value is -0.710. The molecule has 1 aromatic rings. The van der Waals surface area contributed by atoms with Crippen LogP contribution in [-0.2, 0) is 9.53 Å². The Kier molecular flexibility index (Phi) is 5.97. The molecule has 1 N–H and O–H groups in total. The molecule has 0 amide bonds.